The third kappa shape index (κ3) is 6.44. The van der Waals surface area contributed by atoms with Gasteiger partial charge in [-0.1, -0.05) is 0 Å². The van der Waals surface area contributed by atoms with Crippen molar-refractivity contribution in [1.82, 2.24) is 15.3 Å². The van der Waals surface area contributed by atoms with Gasteiger partial charge >= 0.3 is 0 Å². The van der Waals surface area contributed by atoms with Crippen molar-refractivity contribution >= 4 is 29.0 Å². The molecule has 10 heteroatoms. The molecule has 2 saturated heterocycles. The lowest BCUT2D eigenvalue weighted by Gasteiger charge is -2.23. The van der Waals surface area contributed by atoms with Crippen LogP contribution in [0.3, 0.4) is 0 Å². The second-order valence-corrected chi connectivity index (χ2v) is 8.78. The zero-order chi connectivity index (χ0) is 23.0. The van der Waals surface area contributed by atoms with Gasteiger partial charge in [0, 0.05) is 75.7 Å². The molecule has 3 heterocycles. The van der Waals surface area contributed by atoms with Crippen molar-refractivity contribution in [2.75, 3.05) is 66.2 Å². The summed E-state index contributed by atoms with van der Waals surface area (Å²) in [7, 11) is 0. The van der Waals surface area contributed by atoms with Gasteiger partial charge in [-0.25, -0.2) is 0 Å². The van der Waals surface area contributed by atoms with E-state index in [4.69, 9.17) is 9.97 Å². The Hall–Kier alpha value is -3.14. The molecule has 1 unspecified atom stereocenters. The summed E-state index contributed by atoms with van der Waals surface area (Å²) >= 11 is 0. The van der Waals surface area contributed by atoms with E-state index in [0.29, 0.717) is 0 Å². The molecule has 0 spiro atoms. The van der Waals surface area contributed by atoms with Crippen LogP contribution in [0.1, 0.15) is 32.6 Å². The van der Waals surface area contributed by atoms with Gasteiger partial charge in [-0.2, -0.15) is 9.97 Å². The Morgan fingerprint density at radius 1 is 1.00 bits per heavy atom. The molecule has 0 radical (unpaired) electrons. The summed E-state index contributed by atoms with van der Waals surface area (Å²) in [6, 6.07) is 8.77. The monoisotopic (exact) mass is 454 g/mol. The Balaban J connectivity index is 1.25. The largest absolute Gasteiger partial charge is 0.384 e. The lowest BCUT2D eigenvalue weighted by Crippen LogP contribution is -2.34. The predicted molar refractivity (Wildman–Crippen MR) is 132 cm³/mol. The number of rotatable bonds is 11. The molecule has 0 bridgehead atoms. The van der Waals surface area contributed by atoms with E-state index in [-0.39, 0.29) is 16.7 Å². The van der Waals surface area contributed by atoms with Crippen molar-refractivity contribution in [3.05, 3.63) is 40.4 Å². The number of anilines is 4. The zero-order valence-electron chi connectivity index (χ0n) is 19.3. The molecule has 2 aliphatic rings. The van der Waals surface area contributed by atoms with E-state index < -0.39 is 0 Å². The molecule has 4 rings (SSSR count). The van der Waals surface area contributed by atoms with E-state index in [1.165, 1.54) is 37.8 Å². The highest BCUT2D eigenvalue weighted by molar-refractivity contribution is 5.55. The number of hydrogen-bond donors (Lipinski definition) is 3. The van der Waals surface area contributed by atoms with E-state index in [0.717, 1.165) is 69.1 Å². The normalized spacial score (nSPS) is 16.8. The minimum absolute atomic E-state index is 0.101. The number of non-ortho nitro benzene ring substituents is 1. The Morgan fingerprint density at radius 2 is 1.67 bits per heavy atom. The standard InChI is InChI=1S/C23H34N8O2/c1-18(17-24-10-11-25-19-6-8-20(9-7-19)31(32)33)26-21-16-22(29-12-2-3-13-29)28-23(27-21)30-14-4-5-15-30/h6-9,16,18,24-25H,2-5,10-15,17H2,1H3,(H,26,27,28). The third-order valence-corrected chi connectivity index (χ3v) is 6.07. The molecule has 1 aromatic heterocycles. The molecule has 2 fully saturated rings. The fourth-order valence-electron chi connectivity index (χ4n) is 4.28. The van der Waals surface area contributed by atoms with Crippen LogP contribution in [0, 0.1) is 10.1 Å². The van der Waals surface area contributed by atoms with Crippen LogP contribution in [0.2, 0.25) is 0 Å². The number of aromatic nitrogens is 2. The van der Waals surface area contributed by atoms with Crippen LogP contribution in [0.4, 0.5) is 29.0 Å². The fourth-order valence-corrected chi connectivity index (χ4v) is 4.28. The summed E-state index contributed by atoms with van der Waals surface area (Å²) in [4.78, 5) is 24.7. The quantitative estimate of drug-likeness (QED) is 0.268. The lowest BCUT2D eigenvalue weighted by atomic mass is 10.3. The molecular weight excluding hydrogens is 420 g/mol. The highest BCUT2D eigenvalue weighted by Gasteiger charge is 2.20. The minimum Gasteiger partial charge on any atom is -0.384 e. The van der Waals surface area contributed by atoms with E-state index >= 15 is 0 Å². The van der Waals surface area contributed by atoms with Gasteiger partial charge in [-0.05, 0) is 44.7 Å². The summed E-state index contributed by atoms with van der Waals surface area (Å²) in [6.45, 7) is 8.64. The Morgan fingerprint density at radius 3 is 2.33 bits per heavy atom. The molecule has 1 aromatic carbocycles. The van der Waals surface area contributed by atoms with Crippen molar-refractivity contribution < 1.29 is 4.92 Å². The van der Waals surface area contributed by atoms with E-state index in [9.17, 15) is 10.1 Å². The minimum atomic E-state index is -0.389. The molecule has 0 aliphatic carbocycles. The molecule has 3 N–H and O–H groups in total. The van der Waals surface area contributed by atoms with Gasteiger partial charge in [0.25, 0.3) is 5.69 Å². The summed E-state index contributed by atoms with van der Waals surface area (Å²) in [5, 5.41) is 21.0. The van der Waals surface area contributed by atoms with Crippen molar-refractivity contribution in [3.63, 3.8) is 0 Å². The van der Waals surface area contributed by atoms with E-state index in [1.54, 1.807) is 12.1 Å². The van der Waals surface area contributed by atoms with Crippen molar-refractivity contribution in [2.45, 2.75) is 38.6 Å². The highest BCUT2D eigenvalue weighted by Crippen LogP contribution is 2.25. The summed E-state index contributed by atoms with van der Waals surface area (Å²) in [5.74, 6) is 2.75. The maximum absolute atomic E-state index is 10.7. The summed E-state index contributed by atoms with van der Waals surface area (Å²) < 4.78 is 0. The van der Waals surface area contributed by atoms with Crippen LogP contribution in [-0.2, 0) is 0 Å². The Bertz CT molecular complexity index is 877. The van der Waals surface area contributed by atoms with Gasteiger partial charge < -0.3 is 25.8 Å². The molecule has 33 heavy (non-hydrogen) atoms. The van der Waals surface area contributed by atoms with Gasteiger partial charge in [0.15, 0.2) is 0 Å². The molecular formula is C23H34N8O2. The molecule has 0 saturated carbocycles. The molecule has 0 amide bonds. The van der Waals surface area contributed by atoms with Crippen LogP contribution in [0.5, 0.6) is 0 Å². The molecule has 2 aromatic rings. The number of nitrogens with zero attached hydrogens (tertiary/aromatic N) is 5. The average Bonchev–Trinajstić information content (AvgIpc) is 3.53. The number of nitrogens with one attached hydrogen (secondary N) is 3. The van der Waals surface area contributed by atoms with Crippen LogP contribution in [-0.4, -0.2) is 66.7 Å². The molecule has 2 aliphatic heterocycles. The average molecular weight is 455 g/mol. The lowest BCUT2D eigenvalue weighted by molar-refractivity contribution is -0.384. The zero-order valence-corrected chi connectivity index (χ0v) is 19.3. The van der Waals surface area contributed by atoms with Crippen molar-refractivity contribution in [1.29, 1.82) is 0 Å². The van der Waals surface area contributed by atoms with E-state index in [2.05, 4.69) is 38.7 Å². The smallest absolute Gasteiger partial charge is 0.269 e. The van der Waals surface area contributed by atoms with Gasteiger partial charge in [-0.15, -0.1) is 0 Å². The summed E-state index contributed by atoms with van der Waals surface area (Å²) in [5.41, 5.74) is 0.975. The van der Waals surface area contributed by atoms with Crippen molar-refractivity contribution in [2.24, 2.45) is 0 Å². The van der Waals surface area contributed by atoms with E-state index in [1.807, 2.05) is 0 Å². The van der Waals surface area contributed by atoms with Gasteiger partial charge in [0.1, 0.15) is 11.6 Å². The van der Waals surface area contributed by atoms with Crippen LogP contribution >= 0.6 is 0 Å². The second kappa shape index (κ2) is 11.1. The Labute approximate surface area is 194 Å². The number of nitro groups is 1. The molecule has 178 valence electrons. The maximum atomic E-state index is 10.7. The number of hydrogen-bond acceptors (Lipinski definition) is 9. The predicted octanol–water partition coefficient (Wildman–Crippen LogP) is 3.09. The maximum Gasteiger partial charge on any atom is 0.269 e. The number of nitro benzene ring substituents is 1. The van der Waals surface area contributed by atoms with Crippen LogP contribution < -0.4 is 25.8 Å². The fraction of sp³-hybridized carbons (Fsp3) is 0.565. The van der Waals surface area contributed by atoms with Gasteiger partial charge in [0.2, 0.25) is 5.95 Å². The topological polar surface area (TPSA) is 111 Å². The summed E-state index contributed by atoms with van der Waals surface area (Å²) in [6.07, 6.45) is 4.85. The van der Waals surface area contributed by atoms with Crippen LogP contribution in [0.25, 0.3) is 0 Å². The highest BCUT2D eigenvalue weighted by atomic mass is 16.6. The van der Waals surface area contributed by atoms with Crippen molar-refractivity contribution in [3.8, 4) is 0 Å². The molecule has 10 nitrogen and oxygen atoms in total. The first kappa shape index (κ1) is 23.0. The SMILES string of the molecule is CC(CNCCNc1ccc([N+](=O)[O-])cc1)Nc1cc(N2CCCC2)nc(N2CCCC2)n1. The first-order valence-corrected chi connectivity index (χ1v) is 11.9. The van der Waals surface area contributed by atoms with Gasteiger partial charge in [0.05, 0.1) is 4.92 Å². The third-order valence-electron chi connectivity index (χ3n) is 6.07. The molecule has 1 atom stereocenters. The Kier molecular flexibility index (Phi) is 7.77. The first-order chi connectivity index (χ1) is 16.1. The van der Waals surface area contributed by atoms with Gasteiger partial charge in [-0.3, -0.25) is 10.1 Å². The first-order valence-electron chi connectivity index (χ1n) is 11.9. The number of benzene rings is 1. The second-order valence-electron chi connectivity index (χ2n) is 8.78. The van der Waals surface area contributed by atoms with Crippen LogP contribution in [0.15, 0.2) is 30.3 Å².